The Morgan fingerprint density at radius 2 is 1.95 bits per heavy atom. The minimum absolute atomic E-state index is 0.0972. The van der Waals surface area contributed by atoms with Gasteiger partial charge in [0.15, 0.2) is 0 Å². The van der Waals surface area contributed by atoms with Crippen molar-refractivity contribution in [3.63, 3.8) is 0 Å². The van der Waals surface area contributed by atoms with Crippen LogP contribution in [0, 0.1) is 5.92 Å². The highest BCUT2D eigenvalue weighted by Crippen LogP contribution is 2.31. The van der Waals surface area contributed by atoms with Gasteiger partial charge in [0.2, 0.25) is 5.91 Å². The summed E-state index contributed by atoms with van der Waals surface area (Å²) in [5, 5.41) is 0.717. The van der Waals surface area contributed by atoms with Gasteiger partial charge in [-0.05, 0) is 18.9 Å². The van der Waals surface area contributed by atoms with Gasteiger partial charge in [0.25, 0.3) is 0 Å². The maximum absolute atomic E-state index is 12.7. The molecule has 3 nitrogen and oxygen atoms in total. The summed E-state index contributed by atoms with van der Waals surface area (Å²) < 4.78 is 5.83. The molecule has 1 aromatic carbocycles. The zero-order valence-corrected chi connectivity index (χ0v) is 13.0. The van der Waals surface area contributed by atoms with Gasteiger partial charge < -0.3 is 9.64 Å². The van der Waals surface area contributed by atoms with E-state index in [1.165, 1.54) is 19.3 Å². The van der Waals surface area contributed by atoms with Gasteiger partial charge in [0, 0.05) is 23.0 Å². The SMILES string of the molecule is O=C(C1CCCCC1)N1CCOC(c2ccccc2Cl)C1. The predicted octanol–water partition coefficient (Wildman–Crippen LogP) is 3.82. The summed E-state index contributed by atoms with van der Waals surface area (Å²) in [5.41, 5.74) is 0.986. The van der Waals surface area contributed by atoms with E-state index in [0.717, 1.165) is 23.4 Å². The molecule has 1 atom stereocenters. The average molecular weight is 308 g/mol. The van der Waals surface area contributed by atoms with E-state index >= 15 is 0 Å². The Morgan fingerprint density at radius 3 is 2.71 bits per heavy atom. The topological polar surface area (TPSA) is 29.5 Å². The Bertz CT molecular complexity index is 499. The molecule has 1 aliphatic heterocycles. The fourth-order valence-electron chi connectivity index (χ4n) is 3.38. The Morgan fingerprint density at radius 1 is 1.19 bits per heavy atom. The average Bonchev–Trinajstić information content (AvgIpc) is 2.55. The Hall–Kier alpha value is -1.06. The lowest BCUT2D eigenvalue weighted by Crippen LogP contribution is -2.45. The van der Waals surface area contributed by atoms with Crippen LogP contribution in [-0.4, -0.2) is 30.5 Å². The first-order chi connectivity index (χ1) is 10.3. The van der Waals surface area contributed by atoms with Crippen molar-refractivity contribution in [1.82, 2.24) is 4.90 Å². The molecule has 0 N–H and O–H groups in total. The van der Waals surface area contributed by atoms with Gasteiger partial charge in [-0.2, -0.15) is 0 Å². The lowest BCUT2D eigenvalue weighted by molar-refractivity contribution is -0.144. The quantitative estimate of drug-likeness (QED) is 0.831. The van der Waals surface area contributed by atoms with Gasteiger partial charge >= 0.3 is 0 Å². The molecule has 2 aliphatic rings. The van der Waals surface area contributed by atoms with Crippen molar-refractivity contribution in [2.45, 2.75) is 38.2 Å². The fraction of sp³-hybridized carbons (Fsp3) is 0.588. The smallest absolute Gasteiger partial charge is 0.225 e. The van der Waals surface area contributed by atoms with Gasteiger partial charge in [0.1, 0.15) is 6.10 Å². The minimum Gasteiger partial charge on any atom is -0.370 e. The molecule has 1 aliphatic carbocycles. The predicted molar refractivity (Wildman–Crippen MR) is 83.3 cm³/mol. The molecule has 4 heteroatoms. The molecule has 21 heavy (non-hydrogen) atoms. The lowest BCUT2D eigenvalue weighted by atomic mass is 9.88. The molecular formula is C17H22ClNO2. The number of carbonyl (C=O) groups excluding carboxylic acids is 1. The zero-order valence-electron chi connectivity index (χ0n) is 12.3. The lowest BCUT2D eigenvalue weighted by Gasteiger charge is -2.36. The number of rotatable bonds is 2. The van der Waals surface area contributed by atoms with Crippen LogP contribution < -0.4 is 0 Å². The van der Waals surface area contributed by atoms with Crippen LogP contribution in [0.4, 0.5) is 0 Å². The second-order valence-corrected chi connectivity index (χ2v) is 6.41. The van der Waals surface area contributed by atoms with E-state index in [4.69, 9.17) is 16.3 Å². The molecule has 1 amide bonds. The second kappa shape index (κ2) is 6.80. The van der Waals surface area contributed by atoms with Gasteiger partial charge in [-0.3, -0.25) is 4.79 Å². The van der Waals surface area contributed by atoms with E-state index < -0.39 is 0 Å². The highest BCUT2D eigenvalue weighted by atomic mass is 35.5. The van der Waals surface area contributed by atoms with Gasteiger partial charge in [-0.1, -0.05) is 49.1 Å². The molecule has 2 fully saturated rings. The van der Waals surface area contributed by atoms with E-state index in [1.807, 2.05) is 29.2 Å². The molecule has 3 rings (SSSR count). The molecule has 1 saturated heterocycles. The van der Waals surface area contributed by atoms with Crippen LogP contribution in [0.5, 0.6) is 0 Å². The van der Waals surface area contributed by atoms with Crippen LogP contribution in [0.15, 0.2) is 24.3 Å². The van der Waals surface area contributed by atoms with Crippen LogP contribution in [0.2, 0.25) is 5.02 Å². The summed E-state index contributed by atoms with van der Waals surface area (Å²) >= 11 is 6.25. The van der Waals surface area contributed by atoms with Gasteiger partial charge in [-0.15, -0.1) is 0 Å². The van der Waals surface area contributed by atoms with Crippen molar-refractivity contribution >= 4 is 17.5 Å². The molecular weight excluding hydrogens is 286 g/mol. The number of hydrogen-bond donors (Lipinski definition) is 0. The zero-order chi connectivity index (χ0) is 14.7. The first-order valence-corrected chi connectivity index (χ1v) is 8.28. The Kier molecular flexibility index (Phi) is 4.81. The minimum atomic E-state index is -0.0972. The Balaban J connectivity index is 1.68. The summed E-state index contributed by atoms with van der Waals surface area (Å²) in [6.07, 6.45) is 5.65. The van der Waals surface area contributed by atoms with Crippen molar-refractivity contribution in [3.8, 4) is 0 Å². The van der Waals surface area contributed by atoms with Crippen molar-refractivity contribution in [1.29, 1.82) is 0 Å². The van der Waals surface area contributed by atoms with E-state index in [1.54, 1.807) is 0 Å². The summed E-state index contributed by atoms with van der Waals surface area (Å²) in [4.78, 5) is 14.6. The number of carbonyl (C=O) groups is 1. The molecule has 0 spiro atoms. The maximum atomic E-state index is 12.7. The third kappa shape index (κ3) is 3.41. The molecule has 0 radical (unpaired) electrons. The number of hydrogen-bond acceptors (Lipinski definition) is 2. The highest BCUT2D eigenvalue weighted by Gasteiger charge is 2.31. The first-order valence-electron chi connectivity index (χ1n) is 7.90. The summed E-state index contributed by atoms with van der Waals surface area (Å²) in [7, 11) is 0. The molecule has 1 heterocycles. The van der Waals surface area contributed by atoms with Crippen molar-refractivity contribution < 1.29 is 9.53 Å². The standard InChI is InChI=1S/C17H22ClNO2/c18-15-9-5-4-8-14(15)16-12-19(10-11-21-16)17(20)13-6-2-1-3-7-13/h4-5,8-9,13,16H,1-3,6-7,10-12H2. The fourth-order valence-corrected chi connectivity index (χ4v) is 3.64. The third-order valence-corrected chi connectivity index (χ3v) is 4.93. The number of morpholine rings is 1. The van der Waals surface area contributed by atoms with E-state index in [0.29, 0.717) is 25.6 Å². The van der Waals surface area contributed by atoms with Crippen molar-refractivity contribution in [2.75, 3.05) is 19.7 Å². The van der Waals surface area contributed by atoms with Crippen LogP contribution >= 0.6 is 11.6 Å². The number of nitrogens with zero attached hydrogens (tertiary/aromatic N) is 1. The summed E-state index contributed by atoms with van der Waals surface area (Å²) in [5.74, 6) is 0.541. The van der Waals surface area contributed by atoms with E-state index in [2.05, 4.69) is 0 Å². The van der Waals surface area contributed by atoms with Crippen molar-refractivity contribution in [2.24, 2.45) is 5.92 Å². The largest absolute Gasteiger partial charge is 0.370 e. The number of benzene rings is 1. The molecule has 1 unspecified atom stereocenters. The van der Waals surface area contributed by atoms with E-state index in [9.17, 15) is 4.79 Å². The third-order valence-electron chi connectivity index (χ3n) is 4.58. The summed E-state index contributed by atoms with van der Waals surface area (Å²) in [6, 6.07) is 7.75. The van der Waals surface area contributed by atoms with Crippen LogP contribution in [0.3, 0.4) is 0 Å². The van der Waals surface area contributed by atoms with Gasteiger partial charge in [0.05, 0.1) is 13.2 Å². The highest BCUT2D eigenvalue weighted by molar-refractivity contribution is 6.31. The maximum Gasteiger partial charge on any atom is 0.225 e. The van der Waals surface area contributed by atoms with Crippen LogP contribution in [0.1, 0.15) is 43.8 Å². The molecule has 0 bridgehead atoms. The summed E-state index contributed by atoms with van der Waals surface area (Å²) in [6.45, 7) is 1.92. The number of halogens is 1. The van der Waals surface area contributed by atoms with Crippen LogP contribution in [0.25, 0.3) is 0 Å². The Labute approximate surface area is 131 Å². The normalized spacial score (nSPS) is 24.0. The molecule has 1 aromatic rings. The molecule has 0 aromatic heterocycles. The van der Waals surface area contributed by atoms with Crippen molar-refractivity contribution in [3.05, 3.63) is 34.9 Å². The van der Waals surface area contributed by atoms with E-state index in [-0.39, 0.29) is 12.0 Å². The van der Waals surface area contributed by atoms with Gasteiger partial charge in [-0.25, -0.2) is 0 Å². The molecule has 114 valence electrons. The number of amides is 1. The second-order valence-electron chi connectivity index (χ2n) is 6.00. The monoisotopic (exact) mass is 307 g/mol. The van der Waals surface area contributed by atoms with Crippen LogP contribution in [-0.2, 0) is 9.53 Å². The number of ether oxygens (including phenoxy) is 1. The molecule has 1 saturated carbocycles. The first kappa shape index (κ1) is 14.9.